The zero-order valence-corrected chi connectivity index (χ0v) is 22.7. The number of amides is 1. The van der Waals surface area contributed by atoms with Crippen molar-refractivity contribution in [2.45, 2.75) is 19.4 Å². The number of aromatic amines is 1. The maximum atomic E-state index is 12.8. The van der Waals surface area contributed by atoms with E-state index in [2.05, 4.69) is 32.8 Å². The predicted octanol–water partition coefficient (Wildman–Crippen LogP) is 6.51. The molecule has 4 aromatic rings. The summed E-state index contributed by atoms with van der Waals surface area (Å²) >= 11 is 3.44. The Bertz CT molecular complexity index is 1510. The molecule has 0 fully saturated rings. The predicted molar refractivity (Wildman–Crippen MR) is 154 cm³/mol. The molecule has 38 heavy (non-hydrogen) atoms. The molecule has 0 aliphatic rings. The number of allylic oxidation sites excluding steroid dienone is 1. The number of carbonyl (C=O) groups is 1. The molecular weight excluding hydrogens is 542 g/mol. The summed E-state index contributed by atoms with van der Waals surface area (Å²) in [6.45, 7) is 4.63. The standard InChI is InChI=1S/C31H28BrN3O3/c1-3-6-23-15-22(17-29(37-2)30(23)38-20-21-9-11-26(32)12-10-21)16-25(18-33)31(36)34-14-13-24-19-35-28-8-5-4-7-27(24)28/h3-5,7-12,15-17,19,35H,1,6,13-14,20H2,2H3,(H,34,36)/b25-16-. The van der Waals surface area contributed by atoms with E-state index >= 15 is 0 Å². The van der Waals surface area contributed by atoms with Crippen LogP contribution in [-0.4, -0.2) is 24.5 Å². The van der Waals surface area contributed by atoms with E-state index in [0.717, 1.165) is 32.1 Å². The number of methoxy groups -OCH3 is 1. The molecule has 0 unspecified atom stereocenters. The second kappa shape index (κ2) is 12.8. The van der Waals surface area contributed by atoms with Gasteiger partial charge in [0.2, 0.25) is 0 Å². The maximum absolute atomic E-state index is 12.8. The molecule has 4 rings (SSSR count). The number of ether oxygens (including phenoxy) is 2. The summed E-state index contributed by atoms with van der Waals surface area (Å²) in [4.78, 5) is 16.0. The number of H-pyrrole nitrogens is 1. The molecule has 2 N–H and O–H groups in total. The number of benzene rings is 3. The number of hydrogen-bond acceptors (Lipinski definition) is 4. The lowest BCUT2D eigenvalue weighted by molar-refractivity contribution is -0.117. The fourth-order valence-corrected chi connectivity index (χ4v) is 4.45. The van der Waals surface area contributed by atoms with Crippen molar-refractivity contribution in [2.24, 2.45) is 0 Å². The lowest BCUT2D eigenvalue weighted by atomic mass is 10.0. The molecular formula is C31H28BrN3O3. The minimum absolute atomic E-state index is 0.0130. The molecule has 0 radical (unpaired) electrons. The van der Waals surface area contributed by atoms with Crippen LogP contribution in [-0.2, 0) is 24.2 Å². The van der Waals surface area contributed by atoms with E-state index in [1.807, 2.05) is 66.9 Å². The van der Waals surface area contributed by atoms with Gasteiger partial charge in [-0.05, 0) is 65.9 Å². The highest BCUT2D eigenvalue weighted by atomic mass is 79.9. The molecule has 1 heterocycles. The van der Waals surface area contributed by atoms with Gasteiger partial charge in [0.15, 0.2) is 11.5 Å². The summed E-state index contributed by atoms with van der Waals surface area (Å²) in [7, 11) is 1.57. The number of para-hydroxylation sites is 1. The Labute approximate surface area is 230 Å². The van der Waals surface area contributed by atoms with Crippen LogP contribution >= 0.6 is 15.9 Å². The van der Waals surface area contributed by atoms with Crippen molar-refractivity contribution in [1.29, 1.82) is 5.26 Å². The van der Waals surface area contributed by atoms with Crippen molar-refractivity contribution >= 4 is 38.8 Å². The fraction of sp³-hybridized carbons (Fsp3) is 0.161. The highest BCUT2D eigenvalue weighted by molar-refractivity contribution is 9.10. The third-order valence-electron chi connectivity index (χ3n) is 6.07. The number of fused-ring (bicyclic) bond motifs is 1. The number of aromatic nitrogens is 1. The van der Waals surface area contributed by atoms with Crippen molar-refractivity contribution in [2.75, 3.05) is 13.7 Å². The minimum atomic E-state index is -0.424. The van der Waals surface area contributed by atoms with E-state index in [-0.39, 0.29) is 5.57 Å². The number of hydrogen-bond donors (Lipinski definition) is 2. The fourth-order valence-electron chi connectivity index (χ4n) is 4.19. The van der Waals surface area contributed by atoms with Crippen LogP contribution in [0.5, 0.6) is 11.5 Å². The molecule has 192 valence electrons. The van der Waals surface area contributed by atoms with Gasteiger partial charge in [-0.1, -0.05) is 52.3 Å². The number of nitriles is 1. The molecule has 0 spiro atoms. The summed E-state index contributed by atoms with van der Waals surface area (Å²) in [5.41, 5.74) is 4.71. The van der Waals surface area contributed by atoms with Crippen LogP contribution < -0.4 is 14.8 Å². The summed E-state index contributed by atoms with van der Waals surface area (Å²) in [5.74, 6) is 0.700. The lowest BCUT2D eigenvalue weighted by Crippen LogP contribution is -2.26. The first-order valence-corrected chi connectivity index (χ1v) is 13.0. The summed E-state index contributed by atoms with van der Waals surface area (Å²) in [6, 6.07) is 21.6. The second-order valence-electron chi connectivity index (χ2n) is 8.65. The van der Waals surface area contributed by atoms with Crippen molar-refractivity contribution in [3.63, 3.8) is 0 Å². The highest BCUT2D eigenvalue weighted by Gasteiger charge is 2.15. The molecule has 0 saturated heterocycles. The summed E-state index contributed by atoms with van der Waals surface area (Å²) in [6.07, 6.45) is 6.47. The van der Waals surface area contributed by atoms with Gasteiger partial charge in [-0.15, -0.1) is 6.58 Å². The number of nitrogens with one attached hydrogen (secondary N) is 2. The van der Waals surface area contributed by atoms with Gasteiger partial charge in [0.25, 0.3) is 5.91 Å². The molecule has 1 aromatic heterocycles. The number of rotatable bonds is 11. The first-order chi connectivity index (χ1) is 18.5. The normalized spacial score (nSPS) is 11.1. The van der Waals surface area contributed by atoms with Crippen molar-refractivity contribution < 1.29 is 14.3 Å². The molecule has 3 aromatic carbocycles. The van der Waals surface area contributed by atoms with Crippen molar-refractivity contribution in [3.05, 3.63) is 112 Å². The van der Waals surface area contributed by atoms with Crippen LogP contribution in [0.2, 0.25) is 0 Å². The topological polar surface area (TPSA) is 87.1 Å². The average Bonchev–Trinajstić information content (AvgIpc) is 3.35. The van der Waals surface area contributed by atoms with Gasteiger partial charge in [-0.25, -0.2) is 0 Å². The largest absolute Gasteiger partial charge is 0.493 e. The average molecular weight is 570 g/mol. The van der Waals surface area contributed by atoms with Crippen molar-refractivity contribution in [3.8, 4) is 17.6 Å². The SMILES string of the molecule is C=CCc1cc(/C=C(/C#N)C(=O)NCCc2c[nH]c3ccccc23)cc(OC)c1OCc1ccc(Br)cc1. The quantitative estimate of drug-likeness (QED) is 0.122. The van der Waals surface area contributed by atoms with Crippen LogP contribution in [0.4, 0.5) is 0 Å². The molecule has 0 aliphatic heterocycles. The monoisotopic (exact) mass is 569 g/mol. The second-order valence-corrected chi connectivity index (χ2v) is 9.57. The molecule has 0 saturated carbocycles. The molecule has 0 aliphatic carbocycles. The lowest BCUT2D eigenvalue weighted by Gasteiger charge is -2.16. The highest BCUT2D eigenvalue weighted by Crippen LogP contribution is 2.35. The Kier molecular flexibility index (Phi) is 9.02. The van der Waals surface area contributed by atoms with Crippen molar-refractivity contribution in [1.82, 2.24) is 10.3 Å². The Balaban J connectivity index is 1.49. The first kappa shape index (κ1) is 26.8. The van der Waals surface area contributed by atoms with Gasteiger partial charge >= 0.3 is 0 Å². The van der Waals surface area contributed by atoms with Gasteiger partial charge in [-0.2, -0.15) is 5.26 Å². The molecule has 7 heteroatoms. The minimum Gasteiger partial charge on any atom is -0.493 e. The third kappa shape index (κ3) is 6.53. The number of carbonyl (C=O) groups excluding carboxylic acids is 1. The Morgan fingerprint density at radius 2 is 1.95 bits per heavy atom. The van der Waals surface area contributed by atoms with Gasteiger partial charge in [0.05, 0.1) is 7.11 Å². The van der Waals surface area contributed by atoms with E-state index in [1.165, 1.54) is 0 Å². The molecule has 1 amide bonds. The molecule has 0 bridgehead atoms. The zero-order chi connectivity index (χ0) is 26.9. The Morgan fingerprint density at radius 3 is 2.68 bits per heavy atom. The van der Waals surface area contributed by atoms with E-state index in [4.69, 9.17) is 9.47 Å². The van der Waals surface area contributed by atoms with Gasteiger partial charge in [-0.3, -0.25) is 4.79 Å². The van der Waals surface area contributed by atoms with Crippen LogP contribution in [0.15, 0.2) is 89.6 Å². The molecule has 0 atom stereocenters. The van der Waals surface area contributed by atoms with E-state index in [0.29, 0.717) is 43.1 Å². The van der Waals surface area contributed by atoms with E-state index in [9.17, 15) is 10.1 Å². The summed E-state index contributed by atoms with van der Waals surface area (Å²) in [5, 5.41) is 13.7. The zero-order valence-electron chi connectivity index (χ0n) is 21.1. The van der Waals surface area contributed by atoms with E-state index < -0.39 is 5.91 Å². The van der Waals surface area contributed by atoms with E-state index in [1.54, 1.807) is 25.3 Å². The summed E-state index contributed by atoms with van der Waals surface area (Å²) < 4.78 is 12.7. The van der Waals surface area contributed by atoms with Gasteiger partial charge < -0.3 is 19.8 Å². The van der Waals surface area contributed by atoms with Crippen LogP contribution in [0, 0.1) is 11.3 Å². The van der Waals surface area contributed by atoms with Gasteiger partial charge in [0.1, 0.15) is 18.2 Å². The Hall–Kier alpha value is -4.28. The number of halogens is 1. The third-order valence-corrected chi connectivity index (χ3v) is 6.59. The maximum Gasteiger partial charge on any atom is 0.261 e. The van der Waals surface area contributed by atoms with Crippen LogP contribution in [0.3, 0.4) is 0 Å². The Morgan fingerprint density at radius 1 is 1.16 bits per heavy atom. The van der Waals surface area contributed by atoms with Crippen LogP contribution in [0.25, 0.3) is 17.0 Å². The van der Waals surface area contributed by atoms with Gasteiger partial charge in [0, 0.05) is 33.7 Å². The smallest absolute Gasteiger partial charge is 0.261 e. The first-order valence-electron chi connectivity index (χ1n) is 12.2. The van der Waals surface area contributed by atoms with Crippen LogP contribution in [0.1, 0.15) is 22.3 Å². The number of nitrogens with zero attached hydrogens (tertiary/aromatic N) is 1. The molecule has 6 nitrogen and oxygen atoms in total.